The van der Waals surface area contributed by atoms with Crippen LogP contribution in [0.5, 0.6) is 11.5 Å². The highest BCUT2D eigenvalue weighted by molar-refractivity contribution is 5.97. The fraction of sp³-hybridized carbons (Fsp3) is 0.391. The Balaban J connectivity index is 1.54. The molecule has 30 heavy (non-hydrogen) atoms. The van der Waals surface area contributed by atoms with Crippen molar-refractivity contribution in [2.45, 2.75) is 13.8 Å². The molecular formula is C23H29N3O4. The van der Waals surface area contributed by atoms with Crippen LogP contribution in [0, 0.1) is 13.8 Å². The summed E-state index contributed by atoms with van der Waals surface area (Å²) in [4.78, 5) is 29.2. The van der Waals surface area contributed by atoms with Gasteiger partial charge in [-0.3, -0.25) is 9.59 Å². The standard InChI is InChI=1S/C23H29N3O4/c1-16-6-5-7-21(17(16)2)25-8-10-26(11-9-25)22(27)15-24-23(28)18-12-19(29-3)14-20(13-18)30-4/h5-7,12-14H,8-11,15H2,1-4H3,(H,24,28). The molecule has 2 aromatic carbocycles. The number of carbonyl (C=O) groups excluding carboxylic acids is 2. The molecule has 7 nitrogen and oxygen atoms in total. The first-order chi connectivity index (χ1) is 14.4. The third-order valence-corrected chi connectivity index (χ3v) is 5.56. The highest BCUT2D eigenvalue weighted by Crippen LogP contribution is 2.24. The van der Waals surface area contributed by atoms with Crippen LogP contribution in [-0.4, -0.2) is 63.7 Å². The van der Waals surface area contributed by atoms with Gasteiger partial charge in [0.05, 0.1) is 20.8 Å². The maximum absolute atomic E-state index is 12.6. The summed E-state index contributed by atoms with van der Waals surface area (Å²) in [6.45, 7) is 7.02. The van der Waals surface area contributed by atoms with E-state index in [4.69, 9.17) is 9.47 Å². The number of piperazine rings is 1. The molecule has 1 saturated heterocycles. The van der Waals surface area contributed by atoms with Crippen LogP contribution < -0.4 is 19.7 Å². The highest BCUT2D eigenvalue weighted by atomic mass is 16.5. The van der Waals surface area contributed by atoms with Crippen LogP contribution >= 0.6 is 0 Å². The van der Waals surface area contributed by atoms with Gasteiger partial charge in [0, 0.05) is 43.5 Å². The quantitative estimate of drug-likeness (QED) is 0.790. The number of methoxy groups -OCH3 is 2. The first-order valence-corrected chi connectivity index (χ1v) is 10.0. The van der Waals surface area contributed by atoms with Crippen LogP contribution in [0.3, 0.4) is 0 Å². The van der Waals surface area contributed by atoms with Crippen molar-refractivity contribution in [2.24, 2.45) is 0 Å². The molecule has 7 heteroatoms. The number of anilines is 1. The van der Waals surface area contributed by atoms with E-state index in [9.17, 15) is 9.59 Å². The lowest BCUT2D eigenvalue weighted by Gasteiger charge is -2.37. The summed E-state index contributed by atoms with van der Waals surface area (Å²) in [7, 11) is 3.05. The van der Waals surface area contributed by atoms with Crippen molar-refractivity contribution in [3.63, 3.8) is 0 Å². The van der Waals surface area contributed by atoms with E-state index in [2.05, 4.69) is 42.3 Å². The molecule has 0 bridgehead atoms. The number of amides is 2. The SMILES string of the molecule is COc1cc(OC)cc(C(=O)NCC(=O)N2CCN(c3cccc(C)c3C)CC2)c1. The van der Waals surface area contributed by atoms with E-state index in [1.54, 1.807) is 23.1 Å². The second-order valence-electron chi connectivity index (χ2n) is 7.37. The van der Waals surface area contributed by atoms with E-state index in [0.29, 0.717) is 30.2 Å². The van der Waals surface area contributed by atoms with Gasteiger partial charge < -0.3 is 24.6 Å². The lowest BCUT2D eigenvalue weighted by atomic mass is 10.1. The molecule has 0 unspecified atom stereocenters. The number of hydrogen-bond acceptors (Lipinski definition) is 5. The number of aryl methyl sites for hydroxylation is 1. The molecule has 0 spiro atoms. The average Bonchev–Trinajstić information content (AvgIpc) is 2.78. The first-order valence-electron chi connectivity index (χ1n) is 10.0. The molecule has 1 heterocycles. The Hall–Kier alpha value is -3.22. The summed E-state index contributed by atoms with van der Waals surface area (Å²) >= 11 is 0. The van der Waals surface area contributed by atoms with Crippen LogP contribution in [0.15, 0.2) is 36.4 Å². The summed E-state index contributed by atoms with van der Waals surface area (Å²) in [5.41, 5.74) is 4.15. The van der Waals surface area contributed by atoms with Gasteiger partial charge in [-0.25, -0.2) is 0 Å². The predicted molar refractivity (Wildman–Crippen MR) is 117 cm³/mol. The summed E-state index contributed by atoms with van der Waals surface area (Å²) in [6.07, 6.45) is 0. The van der Waals surface area contributed by atoms with Crippen molar-refractivity contribution in [3.05, 3.63) is 53.1 Å². The number of ether oxygens (including phenoxy) is 2. The molecule has 0 aromatic heterocycles. The van der Waals surface area contributed by atoms with E-state index >= 15 is 0 Å². The molecule has 0 aliphatic carbocycles. The molecule has 2 aromatic rings. The van der Waals surface area contributed by atoms with Crippen molar-refractivity contribution in [2.75, 3.05) is 51.8 Å². The Morgan fingerprint density at radius 3 is 2.20 bits per heavy atom. The number of nitrogens with one attached hydrogen (secondary N) is 1. The van der Waals surface area contributed by atoms with Crippen molar-refractivity contribution in [3.8, 4) is 11.5 Å². The minimum absolute atomic E-state index is 0.0398. The molecule has 1 fully saturated rings. The van der Waals surface area contributed by atoms with Gasteiger partial charge >= 0.3 is 0 Å². The highest BCUT2D eigenvalue weighted by Gasteiger charge is 2.23. The summed E-state index contributed by atoms with van der Waals surface area (Å²) in [5.74, 6) is 0.621. The van der Waals surface area contributed by atoms with Crippen LogP contribution in [0.2, 0.25) is 0 Å². The van der Waals surface area contributed by atoms with Crippen molar-refractivity contribution in [1.82, 2.24) is 10.2 Å². The third kappa shape index (κ3) is 4.84. The molecular weight excluding hydrogens is 382 g/mol. The third-order valence-electron chi connectivity index (χ3n) is 5.56. The number of nitrogens with zero attached hydrogens (tertiary/aromatic N) is 2. The molecule has 0 saturated carbocycles. The van der Waals surface area contributed by atoms with E-state index in [0.717, 1.165) is 13.1 Å². The first kappa shape index (κ1) is 21.5. The van der Waals surface area contributed by atoms with E-state index in [1.165, 1.54) is 31.0 Å². The van der Waals surface area contributed by atoms with Gasteiger partial charge in [-0.15, -0.1) is 0 Å². The number of benzene rings is 2. The molecule has 0 atom stereocenters. The molecule has 1 aliphatic heterocycles. The minimum atomic E-state index is -0.338. The monoisotopic (exact) mass is 411 g/mol. The van der Waals surface area contributed by atoms with Gasteiger partial charge in [0.25, 0.3) is 5.91 Å². The topological polar surface area (TPSA) is 71.1 Å². The second-order valence-corrected chi connectivity index (χ2v) is 7.37. The van der Waals surface area contributed by atoms with Crippen molar-refractivity contribution in [1.29, 1.82) is 0 Å². The van der Waals surface area contributed by atoms with Gasteiger partial charge in [0.1, 0.15) is 11.5 Å². The fourth-order valence-electron chi connectivity index (χ4n) is 3.58. The Labute approximate surface area is 177 Å². The van der Waals surface area contributed by atoms with Gasteiger partial charge in [0.2, 0.25) is 5.91 Å². The van der Waals surface area contributed by atoms with Crippen LogP contribution in [0.1, 0.15) is 21.5 Å². The largest absolute Gasteiger partial charge is 0.497 e. The summed E-state index contributed by atoms with van der Waals surface area (Å²) < 4.78 is 10.4. The maximum atomic E-state index is 12.6. The lowest BCUT2D eigenvalue weighted by Crippen LogP contribution is -2.51. The van der Waals surface area contributed by atoms with Crippen LogP contribution in [0.25, 0.3) is 0 Å². The van der Waals surface area contributed by atoms with E-state index in [-0.39, 0.29) is 18.4 Å². The maximum Gasteiger partial charge on any atom is 0.251 e. The fourth-order valence-corrected chi connectivity index (χ4v) is 3.58. The van der Waals surface area contributed by atoms with Gasteiger partial charge in [0.15, 0.2) is 0 Å². The molecule has 1 aliphatic rings. The normalized spacial score (nSPS) is 13.7. The summed E-state index contributed by atoms with van der Waals surface area (Å²) in [6, 6.07) is 11.2. The predicted octanol–water partition coefficient (Wildman–Crippen LogP) is 2.40. The van der Waals surface area contributed by atoms with Gasteiger partial charge in [-0.1, -0.05) is 12.1 Å². The van der Waals surface area contributed by atoms with Crippen molar-refractivity contribution < 1.29 is 19.1 Å². The van der Waals surface area contributed by atoms with Gasteiger partial charge in [-0.05, 0) is 43.2 Å². The molecule has 3 rings (SSSR count). The van der Waals surface area contributed by atoms with Crippen LogP contribution in [-0.2, 0) is 4.79 Å². The van der Waals surface area contributed by atoms with E-state index < -0.39 is 0 Å². The zero-order chi connectivity index (χ0) is 21.7. The van der Waals surface area contributed by atoms with E-state index in [1.807, 2.05) is 0 Å². The summed E-state index contributed by atoms with van der Waals surface area (Å²) in [5, 5.41) is 2.70. The Morgan fingerprint density at radius 2 is 1.60 bits per heavy atom. The zero-order valence-corrected chi connectivity index (χ0v) is 18.0. The Kier molecular flexibility index (Phi) is 6.82. The molecule has 1 N–H and O–H groups in total. The Bertz CT molecular complexity index is 898. The van der Waals surface area contributed by atoms with Crippen molar-refractivity contribution >= 4 is 17.5 Å². The van der Waals surface area contributed by atoms with Gasteiger partial charge in [-0.2, -0.15) is 0 Å². The average molecular weight is 412 g/mol. The zero-order valence-electron chi connectivity index (χ0n) is 18.0. The number of hydrogen-bond donors (Lipinski definition) is 1. The second kappa shape index (κ2) is 9.52. The Morgan fingerprint density at radius 1 is 0.967 bits per heavy atom. The molecule has 160 valence electrons. The minimum Gasteiger partial charge on any atom is -0.497 e. The lowest BCUT2D eigenvalue weighted by molar-refractivity contribution is -0.130. The molecule has 0 radical (unpaired) electrons. The van der Waals surface area contributed by atoms with Crippen LogP contribution in [0.4, 0.5) is 5.69 Å². The number of rotatable bonds is 6. The number of carbonyl (C=O) groups is 2. The molecule has 2 amide bonds. The smallest absolute Gasteiger partial charge is 0.251 e.